The van der Waals surface area contributed by atoms with E-state index in [9.17, 15) is 19.8 Å². The summed E-state index contributed by atoms with van der Waals surface area (Å²) in [4.78, 5) is 26.5. The van der Waals surface area contributed by atoms with Gasteiger partial charge in [-0.15, -0.1) is 0 Å². The molecule has 11 heteroatoms. The maximum absolute atomic E-state index is 12.8. The molecule has 3 atom stereocenters. The molecule has 0 aliphatic carbocycles. The Kier molecular flexibility index (Phi) is 8.24. The minimum absolute atomic E-state index is 0.130. The number of nitrogens with one attached hydrogen (secondary N) is 1. The highest BCUT2D eigenvalue weighted by molar-refractivity contribution is 9.10. The SMILES string of the molecule is C[C@H](NC(=O)[C@H](O)[C@@H](O)C(=O)N1CCc2cc(OCl)c(OCl)cc2C1)c1ccc(Br)cc1. The molecular formula is C21H21BrCl2N2O6. The Labute approximate surface area is 203 Å². The Morgan fingerprint density at radius 3 is 2.25 bits per heavy atom. The fourth-order valence-electron chi connectivity index (χ4n) is 3.47. The first-order valence-electron chi connectivity index (χ1n) is 9.69. The van der Waals surface area contributed by atoms with Crippen molar-refractivity contribution in [2.45, 2.75) is 38.1 Å². The summed E-state index contributed by atoms with van der Waals surface area (Å²) in [6, 6.07) is 10.1. The van der Waals surface area contributed by atoms with Crippen LogP contribution in [0.1, 0.15) is 29.7 Å². The Bertz CT molecular complexity index is 991. The maximum atomic E-state index is 12.8. The number of hydrogen-bond donors (Lipinski definition) is 3. The van der Waals surface area contributed by atoms with Crippen LogP contribution in [0.15, 0.2) is 40.9 Å². The van der Waals surface area contributed by atoms with Crippen molar-refractivity contribution in [2.24, 2.45) is 0 Å². The van der Waals surface area contributed by atoms with E-state index in [0.29, 0.717) is 12.0 Å². The summed E-state index contributed by atoms with van der Waals surface area (Å²) >= 11 is 14.2. The number of carbonyl (C=O) groups is 2. The molecule has 0 fully saturated rings. The molecular weight excluding hydrogens is 527 g/mol. The number of aliphatic hydroxyl groups is 2. The van der Waals surface area contributed by atoms with E-state index >= 15 is 0 Å². The molecule has 0 unspecified atom stereocenters. The Morgan fingerprint density at radius 1 is 1.06 bits per heavy atom. The van der Waals surface area contributed by atoms with Crippen LogP contribution in [-0.2, 0) is 22.6 Å². The fraction of sp³-hybridized carbons (Fsp3) is 0.333. The number of hydrogen-bond acceptors (Lipinski definition) is 6. The monoisotopic (exact) mass is 546 g/mol. The van der Waals surface area contributed by atoms with Crippen LogP contribution in [0, 0.1) is 0 Å². The lowest BCUT2D eigenvalue weighted by atomic mass is 9.98. The van der Waals surface area contributed by atoms with E-state index in [4.69, 9.17) is 32.3 Å². The summed E-state index contributed by atoms with van der Waals surface area (Å²) in [6.07, 6.45) is -3.38. The average Bonchev–Trinajstić information content (AvgIpc) is 2.81. The highest BCUT2D eigenvalue weighted by atomic mass is 79.9. The number of rotatable bonds is 7. The first kappa shape index (κ1) is 24.6. The van der Waals surface area contributed by atoms with Crippen LogP contribution < -0.4 is 13.9 Å². The molecule has 8 nitrogen and oxygen atoms in total. The lowest BCUT2D eigenvalue weighted by molar-refractivity contribution is -0.154. The predicted molar refractivity (Wildman–Crippen MR) is 121 cm³/mol. The van der Waals surface area contributed by atoms with Gasteiger partial charge in [-0.2, -0.15) is 0 Å². The van der Waals surface area contributed by atoms with Gasteiger partial charge in [-0.1, -0.05) is 28.1 Å². The quantitative estimate of drug-likeness (QED) is 0.492. The van der Waals surface area contributed by atoms with E-state index in [1.807, 2.05) is 24.3 Å². The zero-order chi connectivity index (χ0) is 23.4. The first-order valence-corrected chi connectivity index (χ1v) is 11.1. The first-order chi connectivity index (χ1) is 15.2. The van der Waals surface area contributed by atoms with Gasteiger partial charge in [-0.05, 0) is 54.3 Å². The van der Waals surface area contributed by atoms with Gasteiger partial charge in [-0.25, -0.2) is 0 Å². The highest BCUT2D eigenvalue weighted by Crippen LogP contribution is 2.35. The summed E-state index contributed by atoms with van der Waals surface area (Å²) in [7, 11) is 0. The third-order valence-corrected chi connectivity index (χ3v) is 6.17. The molecule has 0 aromatic heterocycles. The predicted octanol–water partition coefficient (Wildman–Crippen LogP) is 3.00. The number of aliphatic hydroxyl groups excluding tert-OH is 2. The van der Waals surface area contributed by atoms with Gasteiger partial charge < -0.3 is 29.0 Å². The topological polar surface area (TPSA) is 108 Å². The number of fused-ring (bicyclic) bond motifs is 1. The van der Waals surface area contributed by atoms with Gasteiger partial charge in [-0.3, -0.25) is 9.59 Å². The van der Waals surface area contributed by atoms with Gasteiger partial charge in [0.05, 0.1) is 6.04 Å². The molecule has 0 spiro atoms. The summed E-state index contributed by atoms with van der Waals surface area (Å²) in [5, 5.41) is 23.3. The van der Waals surface area contributed by atoms with Crippen molar-refractivity contribution in [3.05, 3.63) is 57.6 Å². The fourth-order valence-corrected chi connectivity index (χ4v) is 3.98. The highest BCUT2D eigenvalue weighted by Gasteiger charge is 2.35. The van der Waals surface area contributed by atoms with Crippen LogP contribution in [0.25, 0.3) is 0 Å². The summed E-state index contributed by atoms with van der Waals surface area (Å²) in [6.45, 7) is 2.14. The molecule has 3 rings (SSSR count). The summed E-state index contributed by atoms with van der Waals surface area (Å²) in [5.41, 5.74) is 2.39. The van der Waals surface area contributed by atoms with Crippen LogP contribution in [0.5, 0.6) is 11.5 Å². The van der Waals surface area contributed by atoms with Crippen molar-refractivity contribution in [3.63, 3.8) is 0 Å². The van der Waals surface area contributed by atoms with Crippen LogP contribution in [0.4, 0.5) is 0 Å². The van der Waals surface area contributed by atoms with Crippen LogP contribution in [-0.4, -0.2) is 45.7 Å². The zero-order valence-electron chi connectivity index (χ0n) is 16.9. The molecule has 32 heavy (non-hydrogen) atoms. The average molecular weight is 548 g/mol. The minimum Gasteiger partial charge on any atom is -0.382 e. The minimum atomic E-state index is -1.92. The second-order valence-corrected chi connectivity index (χ2v) is 8.63. The van der Waals surface area contributed by atoms with Crippen LogP contribution >= 0.6 is 39.7 Å². The number of benzene rings is 2. The van der Waals surface area contributed by atoms with E-state index < -0.39 is 30.1 Å². The summed E-state index contributed by atoms with van der Waals surface area (Å²) < 4.78 is 10.3. The molecule has 3 N–H and O–H groups in total. The van der Waals surface area contributed by atoms with Gasteiger partial charge in [0.25, 0.3) is 11.8 Å². The normalized spacial score (nSPS) is 15.9. The second kappa shape index (κ2) is 10.7. The largest absolute Gasteiger partial charge is 0.382 e. The molecule has 0 radical (unpaired) electrons. The second-order valence-electron chi connectivity index (χ2n) is 7.40. The van der Waals surface area contributed by atoms with Gasteiger partial charge >= 0.3 is 0 Å². The molecule has 2 aromatic carbocycles. The summed E-state index contributed by atoms with van der Waals surface area (Å²) in [5.74, 6) is -1.19. The zero-order valence-corrected chi connectivity index (χ0v) is 20.0. The van der Waals surface area contributed by atoms with Gasteiger partial charge in [0.15, 0.2) is 23.7 Å². The van der Waals surface area contributed by atoms with Crippen molar-refractivity contribution >= 4 is 51.5 Å². The molecule has 2 amide bonds. The molecule has 2 aromatic rings. The molecule has 0 saturated carbocycles. The van der Waals surface area contributed by atoms with E-state index in [-0.39, 0.29) is 24.6 Å². The van der Waals surface area contributed by atoms with E-state index in [1.165, 1.54) is 4.90 Å². The van der Waals surface area contributed by atoms with Gasteiger partial charge in [0, 0.05) is 17.6 Å². The van der Waals surface area contributed by atoms with Crippen molar-refractivity contribution in [1.82, 2.24) is 10.2 Å². The molecule has 0 bridgehead atoms. The van der Waals surface area contributed by atoms with Gasteiger partial charge in [0.2, 0.25) is 0 Å². The Hall–Kier alpha value is -2.04. The lowest BCUT2D eigenvalue weighted by Crippen LogP contribution is -2.51. The molecule has 1 aliphatic rings. The Morgan fingerprint density at radius 2 is 1.66 bits per heavy atom. The van der Waals surface area contributed by atoms with Crippen LogP contribution in [0.3, 0.4) is 0 Å². The maximum Gasteiger partial charge on any atom is 0.255 e. The molecule has 1 heterocycles. The van der Waals surface area contributed by atoms with Crippen molar-refractivity contribution < 1.29 is 28.4 Å². The smallest absolute Gasteiger partial charge is 0.255 e. The van der Waals surface area contributed by atoms with E-state index in [1.54, 1.807) is 19.1 Å². The third kappa shape index (κ3) is 5.47. The number of amides is 2. The third-order valence-electron chi connectivity index (χ3n) is 5.31. The van der Waals surface area contributed by atoms with Crippen molar-refractivity contribution in [3.8, 4) is 11.5 Å². The number of nitrogens with zero attached hydrogens (tertiary/aromatic N) is 1. The molecule has 0 saturated heterocycles. The van der Waals surface area contributed by atoms with Crippen molar-refractivity contribution in [2.75, 3.05) is 6.54 Å². The van der Waals surface area contributed by atoms with E-state index in [2.05, 4.69) is 21.2 Å². The molecule has 1 aliphatic heterocycles. The van der Waals surface area contributed by atoms with E-state index in [0.717, 1.165) is 15.6 Å². The van der Waals surface area contributed by atoms with Crippen LogP contribution in [0.2, 0.25) is 0 Å². The number of carbonyl (C=O) groups excluding carboxylic acids is 2. The Balaban J connectivity index is 1.64. The number of halogens is 3. The molecule has 172 valence electrons. The van der Waals surface area contributed by atoms with Gasteiger partial charge in [0.1, 0.15) is 23.7 Å². The lowest BCUT2D eigenvalue weighted by Gasteiger charge is -2.31. The van der Waals surface area contributed by atoms with Crippen molar-refractivity contribution in [1.29, 1.82) is 0 Å². The standard InChI is InChI=1S/C21H21BrCl2N2O6/c1-11(12-2-4-15(22)5-3-12)25-20(29)18(27)19(28)21(30)26-7-6-13-8-16(31-23)17(32-24)9-14(13)10-26/h2-5,8-9,11,18-19,27-28H,6-7,10H2,1H3,(H,25,29)/t11-,18+,19+/m0/s1.